The Morgan fingerprint density at radius 2 is 1.89 bits per heavy atom. The molecule has 1 saturated carbocycles. The predicted octanol–water partition coefficient (Wildman–Crippen LogP) is 2.29. The van der Waals surface area contributed by atoms with E-state index in [1.165, 1.54) is 0 Å². The standard InChI is InChI=1S/C12H19ClN2O3S/c1-8-12(19(13,17)18)9(2)15(14-8)10-6-4-3-5-7-11(10)16/h10-11,16H,3-7H2,1-2H3. The van der Waals surface area contributed by atoms with Crippen molar-refractivity contribution in [3.63, 3.8) is 0 Å². The molecule has 1 heterocycles. The van der Waals surface area contributed by atoms with E-state index in [2.05, 4.69) is 5.10 Å². The Balaban J connectivity index is 2.46. The van der Waals surface area contributed by atoms with E-state index in [9.17, 15) is 13.5 Å². The summed E-state index contributed by atoms with van der Waals surface area (Å²) in [7, 11) is 1.65. The van der Waals surface area contributed by atoms with Gasteiger partial charge >= 0.3 is 0 Å². The number of hydrogen-bond acceptors (Lipinski definition) is 4. The molecule has 108 valence electrons. The molecule has 1 aliphatic rings. The second-order valence-corrected chi connectivity index (χ2v) is 7.66. The first-order chi connectivity index (χ1) is 8.82. The van der Waals surface area contributed by atoms with Crippen molar-refractivity contribution in [3.8, 4) is 0 Å². The van der Waals surface area contributed by atoms with Gasteiger partial charge in [-0.05, 0) is 26.7 Å². The van der Waals surface area contributed by atoms with E-state index in [1.54, 1.807) is 18.5 Å². The zero-order valence-electron chi connectivity index (χ0n) is 11.1. The second kappa shape index (κ2) is 5.42. The highest BCUT2D eigenvalue weighted by Gasteiger charge is 2.29. The van der Waals surface area contributed by atoms with Gasteiger partial charge in [-0.25, -0.2) is 8.42 Å². The highest BCUT2D eigenvalue weighted by Crippen LogP contribution is 2.32. The van der Waals surface area contributed by atoms with Crippen LogP contribution in [0.25, 0.3) is 0 Å². The third kappa shape index (κ3) is 2.95. The van der Waals surface area contributed by atoms with Crippen LogP contribution in [0, 0.1) is 13.8 Å². The summed E-state index contributed by atoms with van der Waals surface area (Å²) in [5.74, 6) is 0. The van der Waals surface area contributed by atoms with Crippen molar-refractivity contribution >= 4 is 19.7 Å². The van der Waals surface area contributed by atoms with Crippen LogP contribution >= 0.6 is 10.7 Å². The molecular weight excluding hydrogens is 288 g/mol. The van der Waals surface area contributed by atoms with Gasteiger partial charge < -0.3 is 5.11 Å². The number of aryl methyl sites for hydroxylation is 1. The van der Waals surface area contributed by atoms with Crippen molar-refractivity contribution < 1.29 is 13.5 Å². The molecule has 0 saturated heterocycles. The van der Waals surface area contributed by atoms with Gasteiger partial charge in [0, 0.05) is 10.7 Å². The number of nitrogens with zero attached hydrogens (tertiary/aromatic N) is 2. The molecule has 1 N–H and O–H groups in total. The fraction of sp³-hybridized carbons (Fsp3) is 0.750. The third-order valence-electron chi connectivity index (χ3n) is 3.76. The molecule has 0 bridgehead atoms. The van der Waals surface area contributed by atoms with Gasteiger partial charge in [0.2, 0.25) is 0 Å². The number of aromatic nitrogens is 2. The van der Waals surface area contributed by atoms with Crippen LogP contribution in [0.4, 0.5) is 0 Å². The van der Waals surface area contributed by atoms with Crippen molar-refractivity contribution in [1.82, 2.24) is 9.78 Å². The minimum atomic E-state index is -3.80. The zero-order valence-corrected chi connectivity index (χ0v) is 12.7. The third-order valence-corrected chi connectivity index (χ3v) is 5.30. The van der Waals surface area contributed by atoms with Crippen molar-refractivity contribution in [2.75, 3.05) is 0 Å². The molecule has 19 heavy (non-hydrogen) atoms. The van der Waals surface area contributed by atoms with E-state index in [1.807, 2.05) is 0 Å². The van der Waals surface area contributed by atoms with Gasteiger partial charge in [0.1, 0.15) is 4.90 Å². The molecule has 5 nitrogen and oxygen atoms in total. The topological polar surface area (TPSA) is 72.2 Å². The summed E-state index contributed by atoms with van der Waals surface area (Å²) >= 11 is 0. The smallest absolute Gasteiger partial charge is 0.264 e. The van der Waals surface area contributed by atoms with Crippen molar-refractivity contribution in [3.05, 3.63) is 11.4 Å². The number of rotatable bonds is 2. The SMILES string of the molecule is Cc1nn(C2CCCCCC2O)c(C)c1S(=O)(=O)Cl. The molecule has 0 amide bonds. The summed E-state index contributed by atoms with van der Waals surface area (Å²) in [6, 6.07) is -0.159. The molecule has 2 unspecified atom stereocenters. The molecule has 2 atom stereocenters. The Bertz CT molecular complexity index is 568. The van der Waals surface area contributed by atoms with Gasteiger partial charge in [-0.3, -0.25) is 4.68 Å². The highest BCUT2D eigenvalue weighted by atomic mass is 35.7. The molecule has 2 rings (SSSR count). The summed E-state index contributed by atoms with van der Waals surface area (Å²) in [5.41, 5.74) is 0.905. The Morgan fingerprint density at radius 1 is 1.26 bits per heavy atom. The van der Waals surface area contributed by atoms with Gasteiger partial charge in [0.05, 0.1) is 23.5 Å². The van der Waals surface area contributed by atoms with Crippen LogP contribution in [-0.2, 0) is 9.05 Å². The first kappa shape index (κ1) is 14.8. The molecule has 1 aromatic heterocycles. The lowest BCUT2D eigenvalue weighted by Crippen LogP contribution is -2.25. The molecular formula is C12H19ClN2O3S. The normalized spacial score (nSPS) is 25.3. The van der Waals surface area contributed by atoms with Crippen molar-refractivity contribution in [2.24, 2.45) is 0 Å². The molecule has 1 aromatic rings. The van der Waals surface area contributed by atoms with Gasteiger partial charge in [0.25, 0.3) is 9.05 Å². The zero-order chi connectivity index (χ0) is 14.2. The first-order valence-corrected chi connectivity index (χ1v) is 8.81. The first-order valence-electron chi connectivity index (χ1n) is 6.51. The maximum Gasteiger partial charge on any atom is 0.264 e. The number of aliphatic hydroxyl groups excluding tert-OH is 1. The van der Waals surface area contributed by atoms with Crippen LogP contribution in [0.2, 0.25) is 0 Å². The summed E-state index contributed by atoms with van der Waals surface area (Å²) in [5, 5.41) is 14.5. The summed E-state index contributed by atoms with van der Waals surface area (Å²) in [6.07, 6.45) is 4.16. The van der Waals surface area contributed by atoms with Crippen LogP contribution < -0.4 is 0 Å². The van der Waals surface area contributed by atoms with Crippen LogP contribution in [0.1, 0.15) is 49.5 Å². The monoisotopic (exact) mass is 306 g/mol. The van der Waals surface area contributed by atoms with Crippen LogP contribution in [0.5, 0.6) is 0 Å². The predicted molar refractivity (Wildman–Crippen MR) is 72.9 cm³/mol. The lowest BCUT2D eigenvalue weighted by Gasteiger charge is -2.22. The summed E-state index contributed by atoms with van der Waals surface area (Å²) in [6.45, 7) is 3.31. The number of aliphatic hydroxyl groups is 1. The molecule has 1 fully saturated rings. The average Bonchev–Trinajstić information content (AvgIpc) is 2.46. The lowest BCUT2D eigenvalue weighted by atomic mass is 10.1. The Kier molecular flexibility index (Phi) is 4.23. The number of hydrogen-bond donors (Lipinski definition) is 1. The maximum atomic E-state index is 11.6. The van der Waals surface area contributed by atoms with Gasteiger partial charge in [-0.2, -0.15) is 5.10 Å². The Labute approximate surface area is 118 Å². The largest absolute Gasteiger partial charge is 0.391 e. The Morgan fingerprint density at radius 3 is 2.47 bits per heavy atom. The lowest BCUT2D eigenvalue weighted by molar-refractivity contribution is 0.0976. The van der Waals surface area contributed by atoms with E-state index >= 15 is 0 Å². The van der Waals surface area contributed by atoms with Crippen molar-refractivity contribution in [1.29, 1.82) is 0 Å². The molecule has 0 radical (unpaired) electrons. The minimum Gasteiger partial charge on any atom is -0.391 e. The molecule has 1 aliphatic carbocycles. The second-order valence-electron chi connectivity index (χ2n) is 5.16. The van der Waals surface area contributed by atoms with Crippen LogP contribution in [-0.4, -0.2) is 29.4 Å². The summed E-state index contributed by atoms with van der Waals surface area (Å²) in [4.78, 5) is 0.0746. The summed E-state index contributed by atoms with van der Waals surface area (Å²) < 4.78 is 24.8. The van der Waals surface area contributed by atoms with E-state index in [-0.39, 0.29) is 10.9 Å². The average molecular weight is 307 g/mol. The van der Waals surface area contributed by atoms with Crippen LogP contribution in [0.15, 0.2) is 4.90 Å². The fourth-order valence-electron chi connectivity index (χ4n) is 2.88. The fourth-order valence-corrected chi connectivity index (χ4v) is 4.39. The Hall–Kier alpha value is -0.590. The highest BCUT2D eigenvalue weighted by molar-refractivity contribution is 8.13. The number of halogens is 1. The van der Waals surface area contributed by atoms with Gasteiger partial charge in [-0.15, -0.1) is 0 Å². The molecule has 0 spiro atoms. The van der Waals surface area contributed by atoms with E-state index in [0.29, 0.717) is 11.4 Å². The van der Waals surface area contributed by atoms with Gasteiger partial charge in [-0.1, -0.05) is 19.3 Å². The minimum absolute atomic E-state index is 0.0746. The van der Waals surface area contributed by atoms with Crippen LogP contribution in [0.3, 0.4) is 0 Å². The maximum absolute atomic E-state index is 11.6. The van der Waals surface area contributed by atoms with Gasteiger partial charge in [0.15, 0.2) is 0 Å². The van der Waals surface area contributed by atoms with E-state index in [0.717, 1.165) is 32.1 Å². The molecule has 7 heteroatoms. The van der Waals surface area contributed by atoms with E-state index in [4.69, 9.17) is 10.7 Å². The molecule has 0 aliphatic heterocycles. The van der Waals surface area contributed by atoms with E-state index < -0.39 is 15.2 Å². The molecule has 0 aromatic carbocycles. The quantitative estimate of drug-likeness (QED) is 0.672. The van der Waals surface area contributed by atoms with Crippen molar-refractivity contribution in [2.45, 2.75) is 63.0 Å².